The van der Waals surface area contributed by atoms with E-state index in [-0.39, 0.29) is 5.12 Å². The van der Waals surface area contributed by atoms with E-state index < -0.39 is 5.97 Å². The number of thioether (sulfide) groups is 1. The molecular formula is C11H14N2O3S. The molecule has 0 aliphatic heterocycles. The van der Waals surface area contributed by atoms with Crippen LogP contribution in [0.2, 0.25) is 0 Å². The summed E-state index contributed by atoms with van der Waals surface area (Å²) in [5, 5.41) is 4.05. The SMILES string of the molecule is COC(=O)c1c(C=CCSC(C)=O)cnn1C. The van der Waals surface area contributed by atoms with Gasteiger partial charge in [0.25, 0.3) is 0 Å². The molecule has 1 aromatic rings. The van der Waals surface area contributed by atoms with Crippen LogP contribution < -0.4 is 0 Å². The minimum absolute atomic E-state index is 0.0639. The van der Waals surface area contributed by atoms with E-state index in [2.05, 4.69) is 9.84 Å². The van der Waals surface area contributed by atoms with Crippen LogP contribution in [0.3, 0.4) is 0 Å². The van der Waals surface area contributed by atoms with Gasteiger partial charge in [-0.1, -0.05) is 23.9 Å². The average Bonchev–Trinajstić information content (AvgIpc) is 2.65. The molecule has 1 heterocycles. The van der Waals surface area contributed by atoms with Gasteiger partial charge in [-0.3, -0.25) is 9.48 Å². The third-order valence-corrected chi connectivity index (χ3v) is 2.79. The number of hydrogen-bond acceptors (Lipinski definition) is 5. The lowest BCUT2D eigenvalue weighted by Crippen LogP contribution is -2.09. The first-order valence-corrected chi connectivity index (χ1v) is 5.95. The van der Waals surface area contributed by atoms with Crippen LogP contribution in [0.25, 0.3) is 6.08 Å². The van der Waals surface area contributed by atoms with Gasteiger partial charge in [-0.2, -0.15) is 5.10 Å². The van der Waals surface area contributed by atoms with E-state index in [9.17, 15) is 9.59 Å². The van der Waals surface area contributed by atoms with Crippen LogP contribution in [0.15, 0.2) is 12.3 Å². The summed E-state index contributed by atoms with van der Waals surface area (Å²) in [5.41, 5.74) is 1.08. The molecule has 1 rings (SSSR count). The van der Waals surface area contributed by atoms with Gasteiger partial charge in [-0.25, -0.2) is 4.79 Å². The van der Waals surface area contributed by atoms with Crippen molar-refractivity contribution in [2.45, 2.75) is 6.92 Å². The van der Waals surface area contributed by atoms with Crippen LogP contribution in [0.5, 0.6) is 0 Å². The molecular weight excluding hydrogens is 240 g/mol. The Hall–Kier alpha value is -1.56. The van der Waals surface area contributed by atoms with Crippen molar-refractivity contribution in [3.63, 3.8) is 0 Å². The van der Waals surface area contributed by atoms with Gasteiger partial charge < -0.3 is 4.74 Å². The molecule has 5 nitrogen and oxygen atoms in total. The molecule has 0 bridgehead atoms. The van der Waals surface area contributed by atoms with E-state index >= 15 is 0 Å². The minimum atomic E-state index is -0.427. The Kier molecular flexibility index (Phi) is 4.96. The van der Waals surface area contributed by atoms with Crippen LogP contribution in [-0.4, -0.2) is 33.7 Å². The highest BCUT2D eigenvalue weighted by atomic mass is 32.2. The Balaban J connectivity index is 2.77. The highest BCUT2D eigenvalue weighted by molar-refractivity contribution is 8.13. The van der Waals surface area contributed by atoms with Gasteiger partial charge in [0.1, 0.15) is 0 Å². The maximum Gasteiger partial charge on any atom is 0.356 e. The van der Waals surface area contributed by atoms with E-state index in [1.165, 1.54) is 30.5 Å². The van der Waals surface area contributed by atoms with E-state index in [1.807, 2.05) is 6.08 Å². The van der Waals surface area contributed by atoms with Crippen LogP contribution >= 0.6 is 11.8 Å². The number of aryl methyl sites for hydroxylation is 1. The standard InChI is InChI=1S/C11H14N2O3S/c1-8(14)17-6-4-5-9-7-12-13(2)10(9)11(15)16-3/h4-5,7H,6H2,1-3H3. The molecule has 0 unspecified atom stereocenters. The van der Waals surface area contributed by atoms with Crippen molar-refractivity contribution < 1.29 is 14.3 Å². The Bertz CT molecular complexity index is 452. The van der Waals surface area contributed by atoms with Gasteiger partial charge in [0.05, 0.1) is 13.3 Å². The fourth-order valence-corrected chi connectivity index (χ4v) is 1.69. The minimum Gasteiger partial charge on any atom is -0.464 e. The normalized spacial score (nSPS) is 10.8. The predicted octanol–water partition coefficient (Wildman–Crippen LogP) is 1.50. The molecule has 0 saturated carbocycles. The molecule has 0 amide bonds. The first kappa shape index (κ1) is 13.5. The third-order valence-electron chi connectivity index (χ3n) is 2.03. The summed E-state index contributed by atoms with van der Waals surface area (Å²) in [4.78, 5) is 22.2. The first-order chi connectivity index (χ1) is 8.06. The monoisotopic (exact) mass is 254 g/mol. The second-order valence-electron chi connectivity index (χ2n) is 3.27. The first-order valence-electron chi connectivity index (χ1n) is 4.96. The van der Waals surface area contributed by atoms with E-state index in [0.29, 0.717) is 17.0 Å². The maximum atomic E-state index is 11.5. The summed E-state index contributed by atoms with van der Waals surface area (Å²) in [5.74, 6) is 0.147. The fourth-order valence-electron chi connectivity index (χ4n) is 1.26. The quantitative estimate of drug-likeness (QED) is 0.762. The van der Waals surface area contributed by atoms with E-state index in [4.69, 9.17) is 0 Å². The Labute approximate surface area is 104 Å². The molecule has 0 N–H and O–H groups in total. The molecule has 0 aromatic carbocycles. The van der Waals surface area contributed by atoms with E-state index in [1.54, 1.807) is 19.3 Å². The molecule has 0 aliphatic rings. The molecule has 0 aliphatic carbocycles. The van der Waals surface area contributed by atoms with Gasteiger partial charge >= 0.3 is 5.97 Å². The molecule has 1 aromatic heterocycles. The van der Waals surface area contributed by atoms with Crippen molar-refractivity contribution in [1.82, 2.24) is 9.78 Å². The second-order valence-corrected chi connectivity index (χ2v) is 4.47. The number of rotatable bonds is 4. The molecule has 0 spiro atoms. The van der Waals surface area contributed by atoms with Crippen LogP contribution in [-0.2, 0) is 16.6 Å². The number of methoxy groups -OCH3 is 1. The summed E-state index contributed by atoms with van der Waals surface area (Å²) >= 11 is 1.21. The molecule has 0 fully saturated rings. The second kappa shape index (κ2) is 6.24. The van der Waals surface area contributed by atoms with Crippen molar-refractivity contribution in [2.24, 2.45) is 7.05 Å². The van der Waals surface area contributed by atoms with Gasteiger partial charge in [0.15, 0.2) is 10.8 Å². The molecule has 6 heteroatoms. The fraction of sp³-hybridized carbons (Fsp3) is 0.364. The Morgan fingerprint density at radius 3 is 2.88 bits per heavy atom. The smallest absolute Gasteiger partial charge is 0.356 e. The van der Waals surface area contributed by atoms with E-state index in [0.717, 1.165) is 0 Å². The van der Waals surface area contributed by atoms with Crippen molar-refractivity contribution in [1.29, 1.82) is 0 Å². The zero-order valence-electron chi connectivity index (χ0n) is 9.97. The number of hydrogen-bond donors (Lipinski definition) is 0. The number of esters is 1. The Morgan fingerprint density at radius 1 is 1.59 bits per heavy atom. The zero-order valence-corrected chi connectivity index (χ0v) is 10.8. The van der Waals surface area contributed by atoms with Crippen LogP contribution in [0, 0.1) is 0 Å². The molecule has 17 heavy (non-hydrogen) atoms. The lowest BCUT2D eigenvalue weighted by Gasteiger charge is -2.00. The molecule has 0 radical (unpaired) electrons. The van der Waals surface area contributed by atoms with Gasteiger partial charge in [0, 0.05) is 25.3 Å². The number of carbonyl (C=O) groups is 2. The van der Waals surface area contributed by atoms with Crippen molar-refractivity contribution >= 4 is 28.9 Å². The number of aromatic nitrogens is 2. The van der Waals surface area contributed by atoms with Crippen molar-refractivity contribution in [3.8, 4) is 0 Å². The third kappa shape index (κ3) is 3.74. The Morgan fingerprint density at radius 2 is 2.29 bits per heavy atom. The molecule has 0 saturated heterocycles. The topological polar surface area (TPSA) is 61.2 Å². The summed E-state index contributed by atoms with van der Waals surface area (Å²) < 4.78 is 6.13. The van der Waals surface area contributed by atoms with Crippen LogP contribution in [0.4, 0.5) is 0 Å². The molecule has 0 atom stereocenters. The summed E-state index contributed by atoms with van der Waals surface area (Å²) in [7, 11) is 3.00. The van der Waals surface area contributed by atoms with Crippen molar-refractivity contribution in [2.75, 3.05) is 12.9 Å². The largest absolute Gasteiger partial charge is 0.464 e. The predicted molar refractivity (Wildman–Crippen MR) is 66.7 cm³/mol. The summed E-state index contributed by atoms with van der Waals surface area (Å²) in [6.07, 6.45) is 5.16. The highest BCUT2D eigenvalue weighted by Gasteiger charge is 2.15. The van der Waals surface area contributed by atoms with Gasteiger partial charge in [0.2, 0.25) is 0 Å². The lowest BCUT2D eigenvalue weighted by atomic mass is 10.2. The summed E-state index contributed by atoms with van der Waals surface area (Å²) in [6.45, 7) is 1.52. The van der Waals surface area contributed by atoms with Crippen molar-refractivity contribution in [3.05, 3.63) is 23.5 Å². The van der Waals surface area contributed by atoms with Crippen LogP contribution in [0.1, 0.15) is 23.0 Å². The molecule has 92 valence electrons. The maximum absolute atomic E-state index is 11.5. The zero-order chi connectivity index (χ0) is 12.8. The van der Waals surface area contributed by atoms with Gasteiger partial charge in [-0.05, 0) is 0 Å². The number of nitrogens with zero attached hydrogens (tertiary/aromatic N) is 2. The number of carbonyl (C=O) groups excluding carboxylic acids is 2. The van der Waals surface area contributed by atoms with Gasteiger partial charge in [-0.15, -0.1) is 0 Å². The highest BCUT2D eigenvalue weighted by Crippen LogP contribution is 2.12. The summed E-state index contributed by atoms with van der Waals surface area (Å²) in [6, 6.07) is 0. The number of ether oxygens (including phenoxy) is 1. The average molecular weight is 254 g/mol. The lowest BCUT2D eigenvalue weighted by molar-refractivity contribution is -0.109.